The van der Waals surface area contributed by atoms with Crippen LogP contribution in [0.5, 0.6) is 0 Å². The van der Waals surface area contributed by atoms with E-state index in [1.807, 2.05) is 51.1 Å². The second-order valence-corrected chi connectivity index (χ2v) is 5.27. The van der Waals surface area contributed by atoms with Gasteiger partial charge < -0.3 is 11.1 Å². The summed E-state index contributed by atoms with van der Waals surface area (Å²) in [6.45, 7) is 6.98. The van der Waals surface area contributed by atoms with Gasteiger partial charge in [-0.1, -0.05) is 5.57 Å². The van der Waals surface area contributed by atoms with Crippen molar-refractivity contribution in [2.45, 2.75) is 20.8 Å². The fourth-order valence-corrected chi connectivity index (χ4v) is 2.24. The standard InChI is InChI=1S/C17H22N4O/c1-4-21-16(22)10-9-15(12(2)3)17(21)20-11-19-14-7-5-13(18)6-8-14/h5-10,19H,4,11,18H2,1-3H3/b20-17+. The lowest BCUT2D eigenvalue weighted by Gasteiger charge is -2.26. The first-order valence-electron chi connectivity index (χ1n) is 7.34. The van der Waals surface area contributed by atoms with Crippen LogP contribution in [0.4, 0.5) is 11.4 Å². The minimum atomic E-state index is -0.0289. The highest BCUT2D eigenvalue weighted by molar-refractivity contribution is 6.15. The van der Waals surface area contributed by atoms with Crippen molar-refractivity contribution in [2.75, 3.05) is 24.3 Å². The van der Waals surface area contributed by atoms with Gasteiger partial charge in [0.15, 0.2) is 0 Å². The predicted octanol–water partition coefficient (Wildman–Crippen LogP) is 2.79. The van der Waals surface area contributed by atoms with Crippen molar-refractivity contribution < 1.29 is 4.79 Å². The van der Waals surface area contributed by atoms with E-state index in [4.69, 9.17) is 5.73 Å². The van der Waals surface area contributed by atoms with Gasteiger partial charge in [-0.15, -0.1) is 0 Å². The predicted molar refractivity (Wildman–Crippen MR) is 91.7 cm³/mol. The molecule has 0 atom stereocenters. The van der Waals surface area contributed by atoms with Crippen LogP contribution in [-0.2, 0) is 4.79 Å². The number of amides is 1. The number of benzene rings is 1. The van der Waals surface area contributed by atoms with Crippen molar-refractivity contribution in [3.63, 3.8) is 0 Å². The number of hydrogen-bond donors (Lipinski definition) is 2. The summed E-state index contributed by atoms with van der Waals surface area (Å²) in [5.41, 5.74) is 9.46. The number of allylic oxidation sites excluding steroid dienone is 1. The van der Waals surface area contributed by atoms with Gasteiger partial charge in [-0.3, -0.25) is 9.69 Å². The zero-order valence-corrected chi connectivity index (χ0v) is 13.3. The molecule has 1 amide bonds. The maximum absolute atomic E-state index is 12.0. The number of aliphatic imine (C=N–C) groups is 1. The Morgan fingerprint density at radius 3 is 2.50 bits per heavy atom. The number of nitrogen functional groups attached to an aromatic ring is 1. The monoisotopic (exact) mass is 298 g/mol. The summed E-state index contributed by atoms with van der Waals surface area (Å²) in [6, 6.07) is 7.48. The molecule has 3 N–H and O–H groups in total. The van der Waals surface area contributed by atoms with Crippen LogP contribution < -0.4 is 11.1 Å². The van der Waals surface area contributed by atoms with E-state index in [1.54, 1.807) is 11.0 Å². The third-order valence-electron chi connectivity index (χ3n) is 3.43. The van der Waals surface area contributed by atoms with Crippen LogP contribution in [0.2, 0.25) is 0 Å². The molecule has 1 aromatic carbocycles. The van der Waals surface area contributed by atoms with Gasteiger partial charge in [-0.05, 0) is 51.1 Å². The second kappa shape index (κ2) is 6.93. The normalized spacial score (nSPS) is 16.3. The van der Waals surface area contributed by atoms with E-state index in [1.165, 1.54) is 0 Å². The number of carbonyl (C=O) groups is 1. The highest BCUT2D eigenvalue weighted by Crippen LogP contribution is 2.17. The van der Waals surface area contributed by atoms with Gasteiger partial charge in [0.05, 0.1) is 0 Å². The molecule has 1 aromatic rings. The minimum Gasteiger partial charge on any atom is -0.399 e. The number of anilines is 2. The molecular formula is C17H22N4O. The molecule has 0 unspecified atom stereocenters. The van der Waals surface area contributed by atoms with Crippen LogP contribution in [0.15, 0.2) is 52.6 Å². The van der Waals surface area contributed by atoms with Crippen LogP contribution >= 0.6 is 0 Å². The third-order valence-corrected chi connectivity index (χ3v) is 3.43. The fourth-order valence-electron chi connectivity index (χ4n) is 2.24. The van der Waals surface area contributed by atoms with Crippen LogP contribution in [-0.4, -0.2) is 29.9 Å². The summed E-state index contributed by atoms with van der Waals surface area (Å²) in [7, 11) is 0. The number of nitrogens with zero attached hydrogens (tertiary/aromatic N) is 2. The zero-order valence-electron chi connectivity index (χ0n) is 13.3. The Morgan fingerprint density at radius 1 is 1.23 bits per heavy atom. The lowest BCUT2D eigenvalue weighted by molar-refractivity contribution is -0.122. The number of hydrogen-bond acceptors (Lipinski definition) is 4. The second-order valence-electron chi connectivity index (χ2n) is 5.27. The van der Waals surface area contributed by atoms with E-state index in [2.05, 4.69) is 10.3 Å². The Balaban J connectivity index is 2.18. The molecule has 116 valence electrons. The molecule has 5 heteroatoms. The minimum absolute atomic E-state index is 0.0289. The Bertz CT molecular complexity index is 637. The SMILES string of the molecule is CCN1C(=O)C=CC(=C(C)C)/C1=N\CNc1ccc(N)cc1. The molecular weight excluding hydrogens is 276 g/mol. The van der Waals surface area contributed by atoms with Crippen molar-refractivity contribution in [3.8, 4) is 0 Å². The lowest BCUT2D eigenvalue weighted by Crippen LogP contribution is -2.39. The summed E-state index contributed by atoms with van der Waals surface area (Å²) in [5.74, 6) is 0.691. The summed E-state index contributed by atoms with van der Waals surface area (Å²) < 4.78 is 0. The Labute approximate surface area is 131 Å². The van der Waals surface area contributed by atoms with Gasteiger partial charge in [-0.25, -0.2) is 4.99 Å². The first-order chi connectivity index (χ1) is 10.5. The topological polar surface area (TPSA) is 70.7 Å². The average molecular weight is 298 g/mol. The van der Waals surface area contributed by atoms with Gasteiger partial charge in [0, 0.05) is 29.6 Å². The van der Waals surface area contributed by atoms with Gasteiger partial charge >= 0.3 is 0 Å². The lowest BCUT2D eigenvalue weighted by atomic mass is 10.0. The van der Waals surface area contributed by atoms with Crippen molar-refractivity contribution in [1.29, 1.82) is 0 Å². The molecule has 0 radical (unpaired) electrons. The summed E-state index contributed by atoms with van der Waals surface area (Å²) in [6.07, 6.45) is 3.43. The Hall–Kier alpha value is -2.56. The van der Waals surface area contributed by atoms with Crippen molar-refractivity contribution in [1.82, 2.24) is 4.90 Å². The van der Waals surface area contributed by atoms with E-state index in [-0.39, 0.29) is 5.91 Å². The third kappa shape index (κ3) is 3.55. The molecule has 1 aliphatic rings. The Morgan fingerprint density at radius 2 is 1.91 bits per heavy atom. The summed E-state index contributed by atoms with van der Waals surface area (Å²) in [4.78, 5) is 18.2. The number of carbonyl (C=O) groups excluding carboxylic acids is 1. The smallest absolute Gasteiger partial charge is 0.252 e. The number of likely N-dealkylation sites (N-methyl/N-ethyl adjacent to an activating group) is 1. The van der Waals surface area contributed by atoms with Crippen molar-refractivity contribution in [2.24, 2.45) is 4.99 Å². The highest BCUT2D eigenvalue weighted by atomic mass is 16.2. The molecule has 5 nitrogen and oxygen atoms in total. The molecule has 0 bridgehead atoms. The first-order valence-corrected chi connectivity index (χ1v) is 7.34. The summed E-state index contributed by atoms with van der Waals surface area (Å²) >= 11 is 0. The number of nitrogens with one attached hydrogen (secondary N) is 1. The van der Waals surface area contributed by atoms with Gasteiger partial charge in [-0.2, -0.15) is 0 Å². The highest BCUT2D eigenvalue weighted by Gasteiger charge is 2.23. The van der Waals surface area contributed by atoms with Crippen molar-refractivity contribution in [3.05, 3.63) is 47.6 Å². The van der Waals surface area contributed by atoms with Crippen LogP contribution in [0, 0.1) is 0 Å². The molecule has 22 heavy (non-hydrogen) atoms. The molecule has 0 aromatic heterocycles. The van der Waals surface area contributed by atoms with E-state index in [0.29, 0.717) is 13.2 Å². The van der Waals surface area contributed by atoms with Crippen LogP contribution in [0.3, 0.4) is 0 Å². The van der Waals surface area contributed by atoms with Crippen LogP contribution in [0.1, 0.15) is 20.8 Å². The van der Waals surface area contributed by atoms with Crippen LogP contribution in [0.25, 0.3) is 0 Å². The van der Waals surface area contributed by atoms with E-state index < -0.39 is 0 Å². The van der Waals surface area contributed by atoms with Gasteiger partial charge in [0.2, 0.25) is 0 Å². The quantitative estimate of drug-likeness (QED) is 0.840. The Kier molecular flexibility index (Phi) is 4.99. The molecule has 0 saturated heterocycles. The van der Waals surface area contributed by atoms with E-state index in [0.717, 1.165) is 28.4 Å². The molecule has 1 heterocycles. The van der Waals surface area contributed by atoms with Gasteiger partial charge in [0.25, 0.3) is 5.91 Å². The average Bonchev–Trinajstić information content (AvgIpc) is 2.49. The zero-order chi connectivity index (χ0) is 16.1. The van der Waals surface area contributed by atoms with Crippen molar-refractivity contribution >= 4 is 23.1 Å². The molecule has 0 spiro atoms. The van der Waals surface area contributed by atoms with Gasteiger partial charge in [0.1, 0.15) is 12.5 Å². The number of amidine groups is 1. The molecule has 0 aliphatic carbocycles. The number of rotatable bonds is 4. The maximum atomic E-state index is 12.0. The first kappa shape index (κ1) is 15.8. The van der Waals surface area contributed by atoms with E-state index >= 15 is 0 Å². The largest absolute Gasteiger partial charge is 0.399 e. The van der Waals surface area contributed by atoms with E-state index in [9.17, 15) is 4.79 Å². The summed E-state index contributed by atoms with van der Waals surface area (Å²) in [5, 5.41) is 3.21. The fraction of sp³-hybridized carbons (Fsp3) is 0.294. The molecule has 0 fully saturated rings. The molecule has 1 aliphatic heterocycles. The maximum Gasteiger partial charge on any atom is 0.252 e. The molecule has 2 rings (SSSR count). The molecule has 0 saturated carbocycles. The number of nitrogens with two attached hydrogens (primary N) is 1.